The van der Waals surface area contributed by atoms with E-state index in [0.29, 0.717) is 13.2 Å². The number of amides is 1. The van der Waals surface area contributed by atoms with Crippen LogP contribution in [0.15, 0.2) is 0 Å². The molecule has 1 unspecified atom stereocenters. The highest BCUT2D eigenvalue weighted by Crippen LogP contribution is 2.26. The van der Waals surface area contributed by atoms with Gasteiger partial charge in [-0.05, 0) is 20.4 Å². The van der Waals surface area contributed by atoms with E-state index >= 15 is 0 Å². The van der Waals surface area contributed by atoms with Crippen molar-refractivity contribution >= 4 is 6.09 Å². The van der Waals surface area contributed by atoms with Crippen molar-refractivity contribution in [3.05, 3.63) is 0 Å². The summed E-state index contributed by atoms with van der Waals surface area (Å²) in [6, 6.07) is -0.0811. The van der Waals surface area contributed by atoms with Crippen molar-refractivity contribution in [2.45, 2.75) is 32.5 Å². The minimum atomic E-state index is -0.921. The molecule has 0 aromatic heterocycles. The summed E-state index contributed by atoms with van der Waals surface area (Å²) in [7, 11) is 0. The maximum atomic E-state index is 11.0. The number of rotatable bonds is 3. The maximum Gasteiger partial charge on any atom is 0.409 e. The molecule has 0 bridgehead atoms. The highest BCUT2D eigenvalue weighted by atomic mass is 16.5. The number of ether oxygens (including phenoxy) is 1. The molecule has 1 atom stereocenters. The van der Waals surface area contributed by atoms with Crippen LogP contribution in [0.4, 0.5) is 4.79 Å². The normalized spacial score (nSPS) is 25.4. The van der Waals surface area contributed by atoms with Gasteiger partial charge in [-0.2, -0.15) is 0 Å². The third-order valence-electron chi connectivity index (χ3n) is 2.41. The van der Waals surface area contributed by atoms with Crippen LogP contribution in [0.2, 0.25) is 0 Å². The van der Waals surface area contributed by atoms with Gasteiger partial charge in [0.15, 0.2) is 0 Å². The van der Waals surface area contributed by atoms with Crippen molar-refractivity contribution in [2.75, 3.05) is 19.7 Å². The summed E-state index contributed by atoms with van der Waals surface area (Å²) >= 11 is 0. The molecule has 0 spiro atoms. The van der Waals surface area contributed by atoms with E-state index in [2.05, 4.69) is 5.32 Å². The average molecular weight is 202 g/mol. The summed E-state index contributed by atoms with van der Waals surface area (Å²) in [5.74, 6) is 0. The van der Waals surface area contributed by atoms with Crippen LogP contribution in [-0.4, -0.2) is 47.6 Å². The highest BCUT2D eigenvalue weighted by Gasteiger charge is 2.43. The first-order chi connectivity index (χ1) is 6.49. The van der Waals surface area contributed by atoms with Crippen LogP contribution >= 0.6 is 0 Å². The van der Waals surface area contributed by atoms with E-state index < -0.39 is 11.8 Å². The zero-order valence-corrected chi connectivity index (χ0v) is 8.91. The number of nitrogens with zero attached hydrogens (tertiary/aromatic N) is 1. The van der Waals surface area contributed by atoms with Crippen LogP contribution in [0.25, 0.3) is 0 Å². The van der Waals surface area contributed by atoms with Crippen LogP contribution in [0, 0.1) is 0 Å². The zero-order chi connectivity index (χ0) is 10.8. The number of carbonyl (C=O) groups is 1. The summed E-state index contributed by atoms with van der Waals surface area (Å²) < 4.78 is 5.43. The Morgan fingerprint density at radius 2 is 2.36 bits per heavy atom. The van der Waals surface area contributed by atoms with Gasteiger partial charge in [0.2, 0.25) is 0 Å². The Balaban J connectivity index is 2.64. The van der Waals surface area contributed by atoms with Gasteiger partial charge < -0.3 is 15.2 Å². The Morgan fingerprint density at radius 3 is 2.86 bits per heavy atom. The molecule has 2 N–H and O–H groups in total. The number of nitrogens with one attached hydrogen (secondary N) is 1. The predicted octanol–water partition coefficient (Wildman–Crippen LogP) is 0.711. The van der Waals surface area contributed by atoms with E-state index in [0.717, 1.165) is 6.54 Å². The lowest BCUT2D eigenvalue weighted by Crippen LogP contribution is -2.50. The summed E-state index contributed by atoms with van der Waals surface area (Å²) in [5, 5.41) is 12.2. The predicted molar refractivity (Wildman–Crippen MR) is 52.2 cm³/mol. The lowest BCUT2D eigenvalue weighted by Gasteiger charge is -2.30. The molecule has 0 aromatic rings. The maximum absolute atomic E-state index is 11.0. The van der Waals surface area contributed by atoms with Crippen LogP contribution in [-0.2, 0) is 4.74 Å². The van der Waals surface area contributed by atoms with Gasteiger partial charge in [0, 0.05) is 6.54 Å². The summed E-state index contributed by atoms with van der Waals surface area (Å²) in [6.07, 6.45) is -0.921. The topological polar surface area (TPSA) is 61.8 Å². The van der Waals surface area contributed by atoms with E-state index in [9.17, 15) is 4.79 Å². The van der Waals surface area contributed by atoms with Gasteiger partial charge >= 0.3 is 6.09 Å². The highest BCUT2D eigenvalue weighted by molar-refractivity contribution is 5.66. The molecule has 0 saturated carbocycles. The number of likely N-dealkylation sites (N-methyl/N-ethyl adjacent to an activating group) is 1. The van der Waals surface area contributed by atoms with Gasteiger partial charge in [-0.25, -0.2) is 4.79 Å². The standard InChI is InChI=1S/C9H18N2O3/c1-4-10-5-7-6-14-9(2,3)11(7)8(12)13/h7,10H,4-6H2,1-3H3,(H,12,13). The van der Waals surface area contributed by atoms with Gasteiger partial charge in [0.05, 0.1) is 12.6 Å². The Labute approximate surface area is 84.0 Å². The largest absolute Gasteiger partial charge is 0.465 e. The van der Waals surface area contributed by atoms with Gasteiger partial charge in [0.1, 0.15) is 5.72 Å². The number of carboxylic acid groups (broad SMARTS) is 1. The van der Waals surface area contributed by atoms with Crippen LogP contribution in [0.1, 0.15) is 20.8 Å². The van der Waals surface area contributed by atoms with E-state index in [1.807, 2.05) is 6.92 Å². The van der Waals surface area contributed by atoms with Crippen molar-refractivity contribution in [1.29, 1.82) is 0 Å². The molecule has 1 heterocycles. The molecular weight excluding hydrogens is 184 g/mol. The minimum Gasteiger partial charge on any atom is -0.465 e. The first-order valence-electron chi connectivity index (χ1n) is 4.86. The van der Waals surface area contributed by atoms with E-state index in [1.54, 1.807) is 13.8 Å². The Hall–Kier alpha value is -0.810. The van der Waals surface area contributed by atoms with Crippen LogP contribution < -0.4 is 5.32 Å². The summed E-state index contributed by atoms with van der Waals surface area (Å²) in [4.78, 5) is 12.4. The van der Waals surface area contributed by atoms with Crippen molar-refractivity contribution < 1.29 is 14.6 Å². The minimum absolute atomic E-state index is 0.0811. The molecule has 1 aliphatic rings. The van der Waals surface area contributed by atoms with E-state index in [-0.39, 0.29) is 6.04 Å². The molecule has 0 aromatic carbocycles. The van der Waals surface area contributed by atoms with Crippen molar-refractivity contribution in [3.63, 3.8) is 0 Å². The first-order valence-corrected chi connectivity index (χ1v) is 4.86. The molecule has 1 fully saturated rings. The second-order valence-electron chi connectivity index (χ2n) is 3.87. The molecule has 1 rings (SSSR count). The second-order valence-corrected chi connectivity index (χ2v) is 3.87. The molecule has 82 valence electrons. The van der Waals surface area contributed by atoms with Crippen molar-refractivity contribution in [2.24, 2.45) is 0 Å². The van der Waals surface area contributed by atoms with E-state index in [4.69, 9.17) is 9.84 Å². The molecule has 0 aliphatic carbocycles. The number of hydrogen-bond acceptors (Lipinski definition) is 3. The Morgan fingerprint density at radius 1 is 1.71 bits per heavy atom. The molecule has 1 amide bonds. The van der Waals surface area contributed by atoms with Crippen LogP contribution in [0.3, 0.4) is 0 Å². The third kappa shape index (κ3) is 2.16. The van der Waals surface area contributed by atoms with Gasteiger partial charge in [-0.1, -0.05) is 6.92 Å². The fourth-order valence-electron chi connectivity index (χ4n) is 1.73. The first kappa shape index (κ1) is 11.3. The molecule has 5 heteroatoms. The molecular formula is C9H18N2O3. The lowest BCUT2D eigenvalue weighted by molar-refractivity contribution is -0.0418. The smallest absolute Gasteiger partial charge is 0.409 e. The molecule has 0 radical (unpaired) electrons. The van der Waals surface area contributed by atoms with Crippen LogP contribution in [0.5, 0.6) is 0 Å². The summed E-state index contributed by atoms with van der Waals surface area (Å²) in [5.41, 5.74) is -0.702. The zero-order valence-electron chi connectivity index (χ0n) is 8.91. The van der Waals surface area contributed by atoms with Gasteiger partial charge in [-0.3, -0.25) is 4.90 Å². The fourth-order valence-corrected chi connectivity index (χ4v) is 1.73. The molecule has 14 heavy (non-hydrogen) atoms. The lowest BCUT2D eigenvalue weighted by atomic mass is 10.2. The van der Waals surface area contributed by atoms with E-state index in [1.165, 1.54) is 4.90 Å². The van der Waals surface area contributed by atoms with Gasteiger partial charge in [-0.15, -0.1) is 0 Å². The third-order valence-corrected chi connectivity index (χ3v) is 2.41. The average Bonchev–Trinajstić information content (AvgIpc) is 2.37. The van der Waals surface area contributed by atoms with Crippen molar-refractivity contribution in [3.8, 4) is 0 Å². The Kier molecular flexibility index (Phi) is 3.34. The fraction of sp³-hybridized carbons (Fsp3) is 0.889. The molecule has 1 saturated heterocycles. The van der Waals surface area contributed by atoms with Crippen molar-refractivity contribution in [1.82, 2.24) is 10.2 Å². The number of hydrogen-bond donors (Lipinski definition) is 2. The van der Waals surface area contributed by atoms with Gasteiger partial charge in [0.25, 0.3) is 0 Å². The SMILES string of the molecule is CCNCC1COC(C)(C)N1C(=O)O. The monoisotopic (exact) mass is 202 g/mol. The second kappa shape index (κ2) is 4.14. The summed E-state index contributed by atoms with van der Waals surface area (Å²) in [6.45, 7) is 7.48. The Bertz CT molecular complexity index is 218. The molecule has 1 aliphatic heterocycles. The molecule has 5 nitrogen and oxygen atoms in total. The quantitative estimate of drug-likeness (QED) is 0.707.